The van der Waals surface area contributed by atoms with Crippen molar-refractivity contribution in [2.45, 2.75) is 31.0 Å². The van der Waals surface area contributed by atoms with E-state index in [4.69, 9.17) is 9.26 Å². The molecule has 0 saturated heterocycles. The molecule has 0 amide bonds. The van der Waals surface area contributed by atoms with Gasteiger partial charge in [0.25, 0.3) is 15.9 Å². The molecule has 0 bridgehead atoms. The molecule has 4 rings (SSSR count). The van der Waals surface area contributed by atoms with E-state index in [-0.39, 0.29) is 15.8 Å². The molecule has 0 spiro atoms. The lowest BCUT2D eigenvalue weighted by atomic mass is 10.1. The number of hydrogen-bond acceptors (Lipinski definition) is 7. The van der Waals surface area contributed by atoms with Crippen molar-refractivity contribution in [1.82, 2.24) is 10.1 Å². The zero-order valence-electron chi connectivity index (χ0n) is 14.9. The molecular formula is C17H14F3N3O4S2. The SMILES string of the molecule is Cc1noc(-c2c(NS(=O)(=O)c3ccc(C(F)(F)F)cc3)sc3c2CCOC3)n1. The maximum atomic E-state index is 12.8. The fraction of sp³-hybridized carbons (Fsp3) is 0.294. The summed E-state index contributed by atoms with van der Waals surface area (Å²) in [5.41, 5.74) is 0.404. The van der Waals surface area contributed by atoms with Crippen LogP contribution >= 0.6 is 11.3 Å². The molecule has 0 unspecified atom stereocenters. The van der Waals surface area contributed by atoms with Crippen molar-refractivity contribution in [3.05, 3.63) is 46.1 Å². The van der Waals surface area contributed by atoms with Crippen molar-refractivity contribution < 1.29 is 30.8 Å². The summed E-state index contributed by atoms with van der Waals surface area (Å²) in [6.07, 6.45) is -4.00. The lowest BCUT2D eigenvalue weighted by Crippen LogP contribution is -2.13. The molecule has 12 heteroatoms. The molecule has 1 N–H and O–H groups in total. The van der Waals surface area contributed by atoms with E-state index in [9.17, 15) is 21.6 Å². The minimum atomic E-state index is -4.55. The van der Waals surface area contributed by atoms with E-state index in [0.29, 0.717) is 31.0 Å². The van der Waals surface area contributed by atoms with Crippen LogP contribution in [0.5, 0.6) is 0 Å². The molecule has 3 aromatic rings. The Kier molecular flexibility index (Phi) is 4.87. The summed E-state index contributed by atoms with van der Waals surface area (Å²) in [7, 11) is -4.14. The lowest BCUT2D eigenvalue weighted by molar-refractivity contribution is -0.137. The molecule has 0 aliphatic carbocycles. The molecular weight excluding hydrogens is 431 g/mol. The van der Waals surface area contributed by atoms with Crippen molar-refractivity contribution >= 4 is 26.4 Å². The Morgan fingerprint density at radius 3 is 2.55 bits per heavy atom. The third-order valence-electron chi connectivity index (χ3n) is 4.28. The molecule has 2 aromatic heterocycles. The molecule has 7 nitrogen and oxygen atoms in total. The predicted octanol–water partition coefficient (Wildman–Crippen LogP) is 4.00. The number of rotatable bonds is 4. The van der Waals surface area contributed by atoms with Gasteiger partial charge in [0.05, 0.1) is 29.2 Å². The van der Waals surface area contributed by atoms with E-state index in [2.05, 4.69) is 14.9 Å². The van der Waals surface area contributed by atoms with Gasteiger partial charge in [0, 0.05) is 4.88 Å². The number of benzene rings is 1. The standard InChI is InChI=1S/C17H14F3N3O4S2/c1-9-21-15(27-22-9)14-12-6-7-26-8-13(12)28-16(14)23-29(24,25)11-4-2-10(3-5-11)17(18,19)20/h2-5,23H,6-8H2,1H3. The van der Waals surface area contributed by atoms with Gasteiger partial charge in [-0.2, -0.15) is 18.2 Å². The second-order valence-corrected chi connectivity index (χ2v) is 9.07. The molecule has 0 radical (unpaired) electrons. The van der Waals surface area contributed by atoms with Gasteiger partial charge in [-0.3, -0.25) is 4.72 Å². The molecule has 0 saturated carbocycles. The molecule has 1 aromatic carbocycles. The summed E-state index contributed by atoms with van der Waals surface area (Å²) in [5, 5.41) is 4.01. The van der Waals surface area contributed by atoms with Gasteiger partial charge in [0.15, 0.2) is 5.82 Å². The highest BCUT2D eigenvalue weighted by Gasteiger charge is 2.32. The van der Waals surface area contributed by atoms with Crippen LogP contribution in [0, 0.1) is 6.92 Å². The van der Waals surface area contributed by atoms with Crippen molar-refractivity contribution in [3.8, 4) is 11.5 Å². The van der Waals surface area contributed by atoms with Gasteiger partial charge in [0.1, 0.15) is 5.00 Å². The van der Waals surface area contributed by atoms with Gasteiger partial charge >= 0.3 is 6.18 Å². The highest BCUT2D eigenvalue weighted by Crippen LogP contribution is 2.43. The second kappa shape index (κ2) is 7.11. The van der Waals surface area contributed by atoms with Crippen LogP contribution in [-0.2, 0) is 34.0 Å². The number of aryl methyl sites for hydroxylation is 1. The monoisotopic (exact) mass is 445 g/mol. The summed E-state index contributed by atoms with van der Waals surface area (Å²) < 4.78 is 76.9. The first-order chi connectivity index (χ1) is 13.6. The average Bonchev–Trinajstić information content (AvgIpc) is 3.23. The smallest absolute Gasteiger partial charge is 0.376 e. The van der Waals surface area contributed by atoms with Crippen LogP contribution in [0.3, 0.4) is 0 Å². The Morgan fingerprint density at radius 2 is 1.93 bits per heavy atom. The van der Waals surface area contributed by atoms with Crippen molar-refractivity contribution in [1.29, 1.82) is 0 Å². The van der Waals surface area contributed by atoms with Gasteiger partial charge < -0.3 is 9.26 Å². The lowest BCUT2D eigenvalue weighted by Gasteiger charge is -2.12. The normalized spacial score (nSPS) is 14.6. The maximum Gasteiger partial charge on any atom is 0.416 e. The Morgan fingerprint density at radius 1 is 1.21 bits per heavy atom. The van der Waals surface area contributed by atoms with E-state index < -0.39 is 21.8 Å². The third-order valence-corrected chi connectivity index (χ3v) is 6.90. The first kappa shape index (κ1) is 19.9. The minimum Gasteiger partial charge on any atom is -0.376 e. The number of halogens is 3. The number of fused-ring (bicyclic) bond motifs is 1. The Hall–Kier alpha value is -2.44. The summed E-state index contributed by atoms with van der Waals surface area (Å²) in [4.78, 5) is 4.73. The number of aromatic nitrogens is 2. The zero-order chi connectivity index (χ0) is 20.8. The first-order valence-electron chi connectivity index (χ1n) is 8.38. The minimum absolute atomic E-state index is 0.173. The molecule has 29 heavy (non-hydrogen) atoms. The predicted molar refractivity (Wildman–Crippen MR) is 98.0 cm³/mol. The van der Waals surface area contributed by atoms with Crippen molar-refractivity contribution in [2.24, 2.45) is 0 Å². The largest absolute Gasteiger partial charge is 0.416 e. The highest BCUT2D eigenvalue weighted by molar-refractivity contribution is 7.93. The molecule has 0 atom stereocenters. The van der Waals surface area contributed by atoms with Gasteiger partial charge in [-0.15, -0.1) is 11.3 Å². The van der Waals surface area contributed by atoms with Crippen LogP contribution in [0.25, 0.3) is 11.5 Å². The van der Waals surface area contributed by atoms with Crippen LogP contribution in [-0.4, -0.2) is 25.2 Å². The van der Waals surface area contributed by atoms with Gasteiger partial charge in [-0.1, -0.05) is 5.16 Å². The summed E-state index contributed by atoms with van der Waals surface area (Å²) in [6.45, 7) is 2.43. The number of nitrogens with one attached hydrogen (secondary N) is 1. The van der Waals surface area contributed by atoms with Crippen LogP contribution in [0.4, 0.5) is 18.2 Å². The van der Waals surface area contributed by atoms with E-state index in [1.54, 1.807) is 6.92 Å². The van der Waals surface area contributed by atoms with Crippen molar-refractivity contribution in [2.75, 3.05) is 11.3 Å². The zero-order valence-corrected chi connectivity index (χ0v) is 16.5. The fourth-order valence-electron chi connectivity index (χ4n) is 2.93. The fourth-order valence-corrected chi connectivity index (χ4v) is 5.42. The molecule has 1 aliphatic rings. The highest BCUT2D eigenvalue weighted by atomic mass is 32.2. The molecule has 0 fully saturated rings. The molecule has 3 heterocycles. The van der Waals surface area contributed by atoms with Crippen molar-refractivity contribution in [3.63, 3.8) is 0 Å². The number of alkyl halides is 3. The number of hydrogen-bond donors (Lipinski definition) is 1. The second-order valence-electron chi connectivity index (χ2n) is 6.28. The molecule has 1 aliphatic heterocycles. The Labute approximate surface area is 167 Å². The first-order valence-corrected chi connectivity index (χ1v) is 10.7. The van der Waals surface area contributed by atoms with E-state index >= 15 is 0 Å². The number of thiophene rings is 1. The number of ether oxygens (including phenoxy) is 1. The third kappa shape index (κ3) is 3.87. The average molecular weight is 445 g/mol. The van der Waals surface area contributed by atoms with Crippen LogP contribution < -0.4 is 4.72 Å². The quantitative estimate of drug-likeness (QED) is 0.652. The number of sulfonamides is 1. The van der Waals surface area contributed by atoms with Gasteiger partial charge in [-0.25, -0.2) is 8.42 Å². The summed E-state index contributed by atoms with van der Waals surface area (Å²) in [6, 6.07) is 3.28. The van der Waals surface area contributed by atoms with Gasteiger partial charge in [-0.05, 0) is 43.2 Å². The maximum absolute atomic E-state index is 12.8. The van der Waals surface area contributed by atoms with Crippen LogP contribution in [0.1, 0.15) is 21.8 Å². The summed E-state index contributed by atoms with van der Waals surface area (Å²) in [5.74, 6) is 0.565. The van der Waals surface area contributed by atoms with E-state index in [0.717, 1.165) is 34.7 Å². The van der Waals surface area contributed by atoms with Crippen LogP contribution in [0.2, 0.25) is 0 Å². The number of anilines is 1. The van der Waals surface area contributed by atoms with E-state index in [1.807, 2.05) is 0 Å². The molecule has 154 valence electrons. The number of nitrogens with zero attached hydrogens (tertiary/aromatic N) is 2. The van der Waals surface area contributed by atoms with Crippen LogP contribution in [0.15, 0.2) is 33.7 Å². The topological polar surface area (TPSA) is 94.3 Å². The Balaban J connectivity index is 1.73. The van der Waals surface area contributed by atoms with E-state index in [1.165, 1.54) is 11.3 Å². The van der Waals surface area contributed by atoms with Gasteiger partial charge in [0.2, 0.25) is 0 Å². The summed E-state index contributed by atoms with van der Waals surface area (Å²) >= 11 is 1.17. The Bertz CT molecular complexity index is 1150.